The lowest BCUT2D eigenvalue weighted by molar-refractivity contribution is -0.119. The molecule has 18 heavy (non-hydrogen) atoms. The van der Waals surface area contributed by atoms with Crippen LogP contribution in [-0.2, 0) is 11.3 Å². The number of nitrogens with zero attached hydrogens (tertiary/aromatic N) is 1. The van der Waals surface area contributed by atoms with E-state index in [1.54, 1.807) is 16.2 Å². The molecule has 2 N–H and O–H groups in total. The van der Waals surface area contributed by atoms with Crippen LogP contribution in [0.4, 0.5) is 11.4 Å². The standard InChI is InChI=1S/C14H14N2OS/c1-9-11-5-2-6-12(15)13(11)16(14(9)17)8-10-4-3-7-18-10/h2-7,9H,8,15H2,1H3. The summed E-state index contributed by atoms with van der Waals surface area (Å²) < 4.78 is 0. The molecule has 1 amide bonds. The van der Waals surface area contributed by atoms with Crippen LogP contribution in [0.25, 0.3) is 0 Å². The summed E-state index contributed by atoms with van der Waals surface area (Å²) in [5, 5.41) is 2.02. The van der Waals surface area contributed by atoms with Crippen molar-refractivity contribution < 1.29 is 4.79 Å². The molecule has 1 unspecified atom stereocenters. The second-order valence-corrected chi connectivity index (χ2v) is 5.54. The molecule has 92 valence electrons. The van der Waals surface area contributed by atoms with E-state index in [4.69, 9.17) is 5.73 Å². The third kappa shape index (κ3) is 1.61. The van der Waals surface area contributed by atoms with Gasteiger partial charge in [-0.25, -0.2) is 0 Å². The first-order valence-corrected chi connectivity index (χ1v) is 6.78. The van der Waals surface area contributed by atoms with Gasteiger partial charge in [-0.1, -0.05) is 18.2 Å². The Morgan fingerprint density at radius 3 is 2.89 bits per heavy atom. The van der Waals surface area contributed by atoms with Gasteiger partial charge in [0.25, 0.3) is 0 Å². The van der Waals surface area contributed by atoms with Crippen molar-refractivity contribution in [2.24, 2.45) is 0 Å². The van der Waals surface area contributed by atoms with Gasteiger partial charge in [0.2, 0.25) is 5.91 Å². The van der Waals surface area contributed by atoms with Gasteiger partial charge in [-0.05, 0) is 30.0 Å². The molecule has 4 heteroatoms. The van der Waals surface area contributed by atoms with Crippen LogP contribution < -0.4 is 10.6 Å². The monoisotopic (exact) mass is 258 g/mol. The fraction of sp³-hybridized carbons (Fsp3) is 0.214. The van der Waals surface area contributed by atoms with Crippen molar-refractivity contribution in [3.63, 3.8) is 0 Å². The lowest BCUT2D eigenvalue weighted by atomic mass is 10.0. The molecule has 3 rings (SSSR count). The highest BCUT2D eigenvalue weighted by Crippen LogP contribution is 2.41. The lowest BCUT2D eigenvalue weighted by Crippen LogP contribution is -2.27. The molecule has 3 nitrogen and oxygen atoms in total. The number of amides is 1. The summed E-state index contributed by atoms with van der Waals surface area (Å²) >= 11 is 1.66. The van der Waals surface area contributed by atoms with Gasteiger partial charge in [0.1, 0.15) is 0 Å². The Hall–Kier alpha value is -1.81. The summed E-state index contributed by atoms with van der Waals surface area (Å²) in [6, 6.07) is 9.79. The van der Waals surface area contributed by atoms with E-state index in [9.17, 15) is 4.79 Å². The number of anilines is 2. The molecule has 0 spiro atoms. The molecule has 1 aliphatic rings. The Morgan fingerprint density at radius 2 is 2.17 bits per heavy atom. The van der Waals surface area contributed by atoms with E-state index >= 15 is 0 Å². The third-order valence-corrected chi connectivity index (χ3v) is 4.23. The number of carbonyl (C=O) groups excluding carboxylic acids is 1. The average molecular weight is 258 g/mol. The van der Waals surface area contributed by atoms with Crippen molar-refractivity contribution in [3.05, 3.63) is 46.2 Å². The molecular weight excluding hydrogens is 244 g/mol. The molecule has 2 heterocycles. The molecule has 0 aliphatic carbocycles. The fourth-order valence-corrected chi connectivity index (χ4v) is 3.13. The van der Waals surface area contributed by atoms with Gasteiger partial charge in [0.05, 0.1) is 23.8 Å². The third-order valence-electron chi connectivity index (χ3n) is 3.37. The van der Waals surface area contributed by atoms with E-state index in [1.807, 2.05) is 42.6 Å². The van der Waals surface area contributed by atoms with Gasteiger partial charge in [-0.15, -0.1) is 11.3 Å². The molecule has 0 bridgehead atoms. The minimum atomic E-state index is -0.0940. The number of nitrogens with two attached hydrogens (primary N) is 1. The molecule has 1 atom stereocenters. The minimum Gasteiger partial charge on any atom is -0.397 e. The number of hydrogen-bond acceptors (Lipinski definition) is 3. The van der Waals surface area contributed by atoms with E-state index < -0.39 is 0 Å². The van der Waals surface area contributed by atoms with Crippen molar-refractivity contribution >= 4 is 28.6 Å². The highest BCUT2D eigenvalue weighted by atomic mass is 32.1. The zero-order valence-corrected chi connectivity index (χ0v) is 10.9. The predicted molar refractivity (Wildman–Crippen MR) is 74.8 cm³/mol. The zero-order chi connectivity index (χ0) is 12.7. The Kier molecular flexibility index (Phi) is 2.59. The summed E-state index contributed by atoms with van der Waals surface area (Å²) in [6.45, 7) is 2.55. The number of rotatable bonds is 2. The van der Waals surface area contributed by atoms with Gasteiger partial charge in [0, 0.05) is 4.88 Å². The number of benzene rings is 1. The molecule has 0 radical (unpaired) electrons. The van der Waals surface area contributed by atoms with Crippen molar-refractivity contribution in [1.29, 1.82) is 0 Å². The quantitative estimate of drug-likeness (QED) is 0.842. The predicted octanol–water partition coefficient (Wildman–Crippen LogP) is 2.98. The maximum atomic E-state index is 12.3. The van der Waals surface area contributed by atoms with Gasteiger partial charge in [-0.2, -0.15) is 0 Å². The van der Waals surface area contributed by atoms with Crippen LogP contribution in [0.1, 0.15) is 23.3 Å². The SMILES string of the molecule is CC1C(=O)N(Cc2cccs2)c2c(N)cccc21. The van der Waals surface area contributed by atoms with Crippen LogP contribution in [0.3, 0.4) is 0 Å². The molecule has 1 aromatic carbocycles. The van der Waals surface area contributed by atoms with Crippen LogP contribution in [-0.4, -0.2) is 5.91 Å². The maximum Gasteiger partial charge on any atom is 0.234 e. The first-order chi connectivity index (χ1) is 8.68. The number of fused-ring (bicyclic) bond motifs is 1. The molecular formula is C14H14N2OS. The Morgan fingerprint density at radius 1 is 1.33 bits per heavy atom. The Labute approximate surface area is 110 Å². The molecule has 2 aromatic rings. The van der Waals surface area contributed by atoms with Crippen molar-refractivity contribution in [2.75, 3.05) is 10.6 Å². The first-order valence-electron chi connectivity index (χ1n) is 5.90. The van der Waals surface area contributed by atoms with E-state index in [0.29, 0.717) is 12.2 Å². The summed E-state index contributed by atoms with van der Waals surface area (Å²) in [5.41, 5.74) is 8.64. The second-order valence-electron chi connectivity index (χ2n) is 4.51. The largest absolute Gasteiger partial charge is 0.397 e. The van der Waals surface area contributed by atoms with Crippen molar-refractivity contribution in [3.8, 4) is 0 Å². The smallest absolute Gasteiger partial charge is 0.234 e. The number of carbonyl (C=O) groups is 1. The Balaban J connectivity index is 2.04. The van der Waals surface area contributed by atoms with Crippen molar-refractivity contribution in [1.82, 2.24) is 0 Å². The number of nitrogen functional groups attached to an aromatic ring is 1. The van der Waals surface area contributed by atoms with E-state index in [-0.39, 0.29) is 11.8 Å². The lowest BCUT2D eigenvalue weighted by Gasteiger charge is -2.18. The molecule has 1 aromatic heterocycles. The molecule has 0 saturated carbocycles. The number of para-hydroxylation sites is 1. The normalized spacial score (nSPS) is 18.2. The maximum absolute atomic E-state index is 12.3. The molecule has 0 saturated heterocycles. The highest BCUT2D eigenvalue weighted by molar-refractivity contribution is 7.09. The summed E-state index contributed by atoms with van der Waals surface area (Å²) in [6.07, 6.45) is 0. The summed E-state index contributed by atoms with van der Waals surface area (Å²) in [5.74, 6) is 0.0414. The van der Waals surface area contributed by atoms with Gasteiger partial charge in [0.15, 0.2) is 0 Å². The summed E-state index contributed by atoms with van der Waals surface area (Å²) in [4.78, 5) is 15.3. The van der Waals surface area contributed by atoms with Gasteiger partial charge in [-0.3, -0.25) is 4.79 Å². The molecule has 0 fully saturated rings. The van der Waals surface area contributed by atoms with Crippen LogP contribution in [0.2, 0.25) is 0 Å². The van der Waals surface area contributed by atoms with Gasteiger partial charge >= 0.3 is 0 Å². The van der Waals surface area contributed by atoms with Gasteiger partial charge < -0.3 is 10.6 Å². The molecule has 1 aliphatic heterocycles. The van der Waals surface area contributed by atoms with Crippen LogP contribution in [0, 0.1) is 0 Å². The van der Waals surface area contributed by atoms with Crippen LogP contribution >= 0.6 is 11.3 Å². The fourth-order valence-electron chi connectivity index (χ4n) is 2.43. The Bertz CT molecular complexity index is 592. The summed E-state index contributed by atoms with van der Waals surface area (Å²) in [7, 11) is 0. The highest BCUT2D eigenvalue weighted by Gasteiger charge is 2.35. The second kappa shape index (κ2) is 4.14. The number of hydrogen-bond donors (Lipinski definition) is 1. The first kappa shape index (κ1) is 11.3. The van der Waals surface area contributed by atoms with E-state index in [2.05, 4.69) is 0 Å². The van der Waals surface area contributed by atoms with E-state index in [1.165, 1.54) is 4.88 Å². The van der Waals surface area contributed by atoms with Crippen LogP contribution in [0.15, 0.2) is 35.7 Å². The van der Waals surface area contributed by atoms with E-state index in [0.717, 1.165) is 11.3 Å². The van der Waals surface area contributed by atoms with Crippen LogP contribution in [0.5, 0.6) is 0 Å². The minimum absolute atomic E-state index is 0.0940. The van der Waals surface area contributed by atoms with Crippen molar-refractivity contribution in [2.45, 2.75) is 19.4 Å². The average Bonchev–Trinajstić information content (AvgIpc) is 2.94. The number of thiophene rings is 1. The zero-order valence-electron chi connectivity index (χ0n) is 10.1. The topological polar surface area (TPSA) is 46.3 Å².